The topological polar surface area (TPSA) is 76.6 Å². The molecule has 0 bridgehead atoms. The molecule has 1 saturated heterocycles. The summed E-state index contributed by atoms with van der Waals surface area (Å²) in [6, 6.07) is 9.48. The van der Waals surface area contributed by atoms with Crippen LogP contribution in [0.1, 0.15) is 34.1 Å². The number of carbonyl (C=O) groups is 1. The number of carbonyl (C=O) groups excluding carboxylic acids is 1. The first-order valence-electron chi connectivity index (χ1n) is 10.00. The van der Waals surface area contributed by atoms with Crippen molar-refractivity contribution in [2.24, 2.45) is 0 Å². The fourth-order valence-electron chi connectivity index (χ4n) is 3.93. The summed E-state index contributed by atoms with van der Waals surface area (Å²) >= 11 is 1.56. The summed E-state index contributed by atoms with van der Waals surface area (Å²) in [6.07, 6.45) is 2.67. The molecule has 1 amide bonds. The van der Waals surface area contributed by atoms with E-state index < -0.39 is 0 Å². The Balaban J connectivity index is 1.31. The first-order valence-corrected chi connectivity index (χ1v) is 10.9. The zero-order chi connectivity index (χ0) is 20.5. The van der Waals surface area contributed by atoms with Gasteiger partial charge in [-0.1, -0.05) is 0 Å². The van der Waals surface area contributed by atoms with Crippen LogP contribution in [0.25, 0.3) is 0 Å². The number of nitrogens with one attached hydrogen (secondary N) is 1. The minimum Gasteiger partial charge on any atom is -0.486 e. The monoisotopic (exact) mass is 422 g/mol. The highest BCUT2D eigenvalue weighted by atomic mass is 32.1. The number of aromatic nitrogens is 2. The average molecular weight is 423 g/mol. The highest BCUT2D eigenvalue weighted by molar-refractivity contribution is 7.13. The van der Waals surface area contributed by atoms with Crippen LogP contribution in [-0.4, -0.2) is 47.1 Å². The third kappa shape index (κ3) is 3.82. The summed E-state index contributed by atoms with van der Waals surface area (Å²) in [5.74, 6) is 1.56. The number of pyridine rings is 1. The van der Waals surface area contributed by atoms with Gasteiger partial charge in [-0.3, -0.25) is 9.78 Å². The summed E-state index contributed by atoms with van der Waals surface area (Å²) in [7, 11) is 0. The van der Waals surface area contributed by atoms with E-state index in [1.165, 1.54) is 0 Å². The van der Waals surface area contributed by atoms with E-state index in [-0.39, 0.29) is 11.8 Å². The Kier molecular flexibility index (Phi) is 5.00. The molecule has 30 heavy (non-hydrogen) atoms. The third-order valence-corrected chi connectivity index (χ3v) is 6.03. The molecule has 154 valence electrons. The summed E-state index contributed by atoms with van der Waals surface area (Å²) in [6.45, 7) is 4.40. The van der Waals surface area contributed by atoms with Crippen LogP contribution in [-0.2, 0) is 0 Å². The molecule has 0 saturated carbocycles. The Morgan fingerprint density at radius 1 is 1.20 bits per heavy atom. The SMILES string of the molecule is Cc1cc(Nc2nccs2)cc(C2CCN(C(=O)c3ccc4c(c3)OCCO4)C2)n1. The molecule has 2 aliphatic heterocycles. The Morgan fingerprint density at radius 2 is 2.07 bits per heavy atom. The third-order valence-electron chi connectivity index (χ3n) is 5.34. The number of benzene rings is 1. The number of fused-ring (bicyclic) bond motifs is 1. The molecule has 0 aliphatic carbocycles. The molecule has 2 aromatic heterocycles. The minimum atomic E-state index is 0.0169. The summed E-state index contributed by atoms with van der Waals surface area (Å²) in [5.41, 5.74) is 3.56. The van der Waals surface area contributed by atoms with E-state index >= 15 is 0 Å². The van der Waals surface area contributed by atoms with Crippen molar-refractivity contribution >= 4 is 28.1 Å². The van der Waals surface area contributed by atoms with Crippen molar-refractivity contribution < 1.29 is 14.3 Å². The van der Waals surface area contributed by atoms with E-state index in [1.54, 1.807) is 23.6 Å². The molecule has 1 fully saturated rings. The van der Waals surface area contributed by atoms with Gasteiger partial charge < -0.3 is 19.7 Å². The normalized spacial score (nSPS) is 17.8. The van der Waals surface area contributed by atoms with Gasteiger partial charge >= 0.3 is 0 Å². The number of thiazole rings is 1. The van der Waals surface area contributed by atoms with Crippen LogP contribution >= 0.6 is 11.3 Å². The van der Waals surface area contributed by atoms with Crippen molar-refractivity contribution in [3.63, 3.8) is 0 Å². The summed E-state index contributed by atoms with van der Waals surface area (Å²) in [5, 5.41) is 6.13. The molecule has 2 aliphatic rings. The number of anilines is 2. The van der Waals surface area contributed by atoms with Crippen LogP contribution in [0.2, 0.25) is 0 Å². The molecular formula is C22H22N4O3S. The lowest BCUT2D eigenvalue weighted by atomic mass is 10.0. The summed E-state index contributed by atoms with van der Waals surface area (Å²) < 4.78 is 11.2. The van der Waals surface area contributed by atoms with E-state index in [2.05, 4.69) is 16.4 Å². The fraction of sp³-hybridized carbons (Fsp3) is 0.318. The average Bonchev–Trinajstić information content (AvgIpc) is 3.45. The number of likely N-dealkylation sites (tertiary alicyclic amines) is 1. The fourth-order valence-corrected chi connectivity index (χ4v) is 4.48. The molecular weight excluding hydrogens is 400 g/mol. The van der Waals surface area contributed by atoms with Gasteiger partial charge in [-0.2, -0.15) is 0 Å². The quantitative estimate of drug-likeness (QED) is 0.685. The molecule has 1 unspecified atom stereocenters. The van der Waals surface area contributed by atoms with Crippen LogP contribution in [0.4, 0.5) is 10.8 Å². The molecule has 0 radical (unpaired) electrons. The maximum Gasteiger partial charge on any atom is 0.254 e. The van der Waals surface area contributed by atoms with Crippen molar-refractivity contribution in [3.05, 3.63) is 58.9 Å². The number of nitrogens with zero attached hydrogens (tertiary/aromatic N) is 3. The van der Waals surface area contributed by atoms with Gasteiger partial charge in [0.25, 0.3) is 5.91 Å². The first kappa shape index (κ1) is 18.9. The minimum absolute atomic E-state index is 0.0169. The van der Waals surface area contributed by atoms with Crippen LogP contribution in [0.5, 0.6) is 11.5 Å². The van der Waals surface area contributed by atoms with Crippen LogP contribution in [0.15, 0.2) is 41.9 Å². The number of amides is 1. The van der Waals surface area contributed by atoms with Crippen LogP contribution < -0.4 is 14.8 Å². The van der Waals surface area contributed by atoms with Gasteiger partial charge in [0.1, 0.15) is 13.2 Å². The second-order valence-corrected chi connectivity index (χ2v) is 8.37. The Labute approximate surface area is 178 Å². The Bertz CT molecular complexity index is 1070. The Morgan fingerprint density at radius 3 is 2.90 bits per heavy atom. The highest BCUT2D eigenvalue weighted by Crippen LogP contribution is 2.33. The number of rotatable bonds is 4. The molecule has 4 heterocycles. The van der Waals surface area contributed by atoms with Gasteiger partial charge in [-0.25, -0.2) is 4.98 Å². The summed E-state index contributed by atoms with van der Waals surface area (Å²) in [4.78, 5) is 24.0. The van der Waals surface area contributed by atoms with Crippen molar-refractivity contribution in [1.29, 1.82) is 0 Å². The number of ether oxygens (including phenoxy) is 2. The molecule has 8 heteroatoms. The van der Waals surface area contributed by atoms with E-state index in [4.69, 9.17) is 14.5 Å². The van der Waals surface area contributed by atoms with Crippen molar-refractivity contribution in [2.45, 2.75) is 19.3 Å². The lowest BCUT2D eigenvalue weighted by Gasteiger charge is -2.21. The van der Waals surface area contributed by atoms with E-state index in [0.29, 0.717) is 43.4 Å². The zero-order valence-corrected chi connectivity index (χ0v) is 17.4. The van der Waals surface area contributed by atoms with Gasteiger partial charge in [0.2, 0.25) is 0 Å². The zero-order valence-electron chi connectivity index (χ0n) is 16.6. The Hall–Kier alpha value is -3.13. The predicted octanol–water partition coefficient (Wildman–Crippen LogP) is 3.99. The molecule has 1 atom stereocenters. The van der Waals surface area contributed by atoms with E-state index in [0.717, 1.165) is 28.6 Å². The van der Waals surface area contributed by atoms with E-state index in [9.17, 15) is 4.79 Å². The predicted molar refractivity (Wildman–Crippen MR) is 115 cm³/mol. The number of hydrogen-bond donors (Lipinski definition) is 1. The lowest BCUT2D eigenvalue weighted by molar-refractivity contribution is 0.0789. The van der Waals surface area contributed by atoms with Gasteiger partial charge in [0.15, 0.2) is 16.6 Å². The first-order chi connectivity index (χ1) is 14.7. The van der Waals surface area contributed by atoms with Gasteiger partial charge in [-0.05, 0) is 43.7 Å². The maximum absolute atomic E-state index is 13.0. The number of hydrogen-bond acceptors (Lipinski definition) is 7. The lowest BCUT2D eigenvalue weighted by Crippen LogP contribution is -2.28. The number of aryl methyl sites for hydroxylation is 1. The van der Waals surface area contributed by atoms with Crippen molar-refractivity contribution in [1.82, 2.24) is 14.9 Å². The second-order valence-electron chi connectivity index (χ2n) is 7.48. The largest absolute Gasteiger partial charge is 0.486 e. The second kappa shape index (κ2) is 7.95. The smallest absolute Gasteiger partial charge is 0.254 e. The molecule has 0 spiro atoms. The molecule has 3 aromatic rings. The standard InChI is InChI=1S/C22H22N4O3S/c1-14-10-17(25-22-23-5-9-30-22)12-18(24-14)16-4-6-26(13-16)21(27)15-2-3-19-20(11-15)29-8-7-28-19/h2-3,5,9-12,16H,4,6-8,13H2,1H3,(H,23,24,25). The van der Waals surface area contributed by atoms with Crippen LogP contribution in [0.3, 0.4) is 0 Å². The maximum atomic E-state index is 13.0. The molecule has 7 nitrogen and oxygen atoms in total. The van der Waals surface area contributed by atoms with Crippen LogP contribution in [0, 0.1) is 6.92 Å². The van der Waals surface area contributed by atoms with Crippen molar-refractivity contribution in [3.8, 4) is 11.5 Å². The van der Waals surface area contributed by atoms with Gasteiger partial charge in [-0.15, -0.1) is 11.3 Å². The van der Waals surface area contributed by atoms with E-state index in [1.807, 2.05) is 35.4 Å². The van der Waals surface area contributed by atoms with Gasteiger partial charge in [0, 0.05) is 53.2 Å². The highest BCUT2D eigenvalue weighted by Gasteiger charge is 2.30. The van der Waals surface area contributed by atoms with Crippen molar-refractivity contribution in [2.75, 3.05) is 31.6 Å². The van der Waals surface area contributed by atoms with Gasteiger partial charge in [0.05, 0.1) is 0 Å². The molecule has 5 rings (SSSR count). The molecule has 1 N–H and O–H groups in total. The molecule has 1 aromatic carbocycles.